The maximum atomic E-state index is 12.0. The Labute approximate surface area is 215 Å². The Balaban J connectivity index is 0. The number of nitrogens with zero attached hydrogens (tertiary/aromatic N) is 1. The minimum atomic E-state index is -4.18. The van der Waals surface area contributed by atoms with Crippen LogP contribution in [-0.4, -0.2) is 79.5 Å². The number of aliphatic hydroxyl groups excluding tert-OH is 1. The molecular formula is C26H56N2O6S. The summed E-state index contributed by atoms with van der Waals surface area (Å²) in [4.78, 5) is 12.0. The number of hydrogen-bond acceptors (Lipinski definition) is 5. The highest BCUT2D eigenvalue weighted by atomic mass is 32.2. The number of amides is 1. The molecule has 1 amide bonds. The van der Waals surface area contributed by atoms with Crippen LogP contribution in [0.25, 0.3) is 0 Å². The predicted octanol–water partition coefficient (Wildman–Crippen LogP) is 4.76. The van der Waals surface area contributed by atoms with Crippen LogP contribution in [0.1, 0.15) is 110 Å². The summed E-state index contributed by atoms with van der Waals surface area (Å²) in [7, 11) is -0.390. The van der Waals surface area contributed by atoms with Crippen molar-refractivity contribution in [2.24, 2.45) is 5.92 Å². The van der Waals surface area contributed by atoms with Crippen LogP contribution >= 0.6 is 0 Å². The minimum Gasteiger partial charge on any atom is -0.870 e. The summed E-state index contributed by atoms with van der Waals surface area (Å²) in [6.45, 7) is 6.10. The molecule has 0 aliphatic carbocycles. The molecule has 4 N–H and O–H groups in total. The second-order valence-electron chi connectivity index (χ2n) is 11.1. The van der Waals surface area contributed by atoms with Gasteiger partial charge in [-0.15, -0.1) is 0 Å². The Hall–Kier alpha value is -0.740. The van der Waals surface area contributed by atoms with Crippen LogP contribution in [0.15, 0.2) is 0 Å². The molecule has 0 radical (unpaired) electrons. The van der Waals surface area contributed by atoms with E-state index in [-0.39, 0.29) is 17.9 Å². The van der Waals surface area contributed by atoms with Crippen LogP contribution in [0.5, 0.6) is 0 Å². The predicted molar refractivity (Wildman–Crippen MR) is 143 cm³/mol. The van der Waals surface area contributed by atoms with Gasteiger partial charge in [-0.25, -0.2) is 0 Å². The quantitative estimate of drug-likeness (QED) is 0.100. The summed E-state index contributed by atoms with van der Waals surface area (Å²) < 4.78 is 31.0. The lowest BCUT2D eigenvalue weighted by molar-refractivity contribution is -0.893. The molecule has 0 fully saturated rings. The first kappa shape index (κ1) is 36.4. The van der Waals surface area contributed by atoms with Crippen LogP contribution in [0.2, 0.25) is 0 Å². The zero-order valence-corrected chi connectivity index (χ0v) is 23.8. The summed E-state index contributed by atoms with van der Waals surface area (Å²) >= 11 is 0. The first-order chi connectivity index (χ1) is 15.9. The molecule has 1 unspecified atom stereocenters. The molecule has 8 nitrogen and oxygen atoms in total. The number of carbonyl (C=O) groups is 1. The number of likely N-dealkylation sites (N-methyl/N-ethyl adjacent to an activating group) is 1. The van der Waals surface area contributed by atoms with E-state index in [1.807, 2.05) is 14.1 Å². The van der Waals surface area contributed by atoms with Gasteiger partial charge in [0.15, 0.2) is 0 Å². The van der Waals surface area contributed by atoms with E-state index in [9.17, 15) is 18.3 Å². The first-order valence-electron chi connectivity index (χ1n) is 13.6. The number of hydrogen-bond donors (Lipinski definition) is 3. The molecule has 0 aliphatic rings. The van der Waals surface area contributed by atoms with E-state index < -0.39 is 22.0 Å². The Bertz CT molecular complexity index is 611. The van der Waals surface area contributed by atoms with E-state index in [0.29, 0.717) is 24.0 Å². The molecule has 0 rings (SSSR count). The van der Waals surface area contributed by atoms with Gasteiger partial charge in [0.1, 0.15) is 18.4 Å². The molecule has 35 heavy (non-hydrogen) atoms. The van der Waals surface area contributed by atoms with Gasteiger partial charge in [0.25, 0.3) is 10.1 Å². The lowest BCUT2D eigenvalue weighted by atomic mass is 10.0. The van der Waals surface area contributed by atoms with E-state index in [2.05, 4.69) is 19.2 Å². The lowest BCUT2D eigenvalue weighted by Gasteiger charge is -2.31. The molecule has 0 aromatic carbocycles. The average Bonchev–Trinajstić information content (AvgIpc) is 2.69. The van der Waals surface area contributed by atoms with Crippen molar-refractivity contribution in [1.82, 2.24) is 5.32 Å². The SMILES string of the molecule is CC(C)CCCCCCCCCCCCCCC(=O)NCCC[N+](C)(C)CC(O)CS(=O)(=O)O.[OH-]. The van der Waals surface area contributed by atoms with E-state index in [0.717, 1.165) is 25.2 Å². The molecule has 0 saturated heterocycles. The van der Waals surface area contributed by atoms with Gasteiger partial charge in [-0.2, -0.15) is 8.42 Å². The highest BCUT2D eigenvalue weighted by Crippen LogP contribution is 2.14. The molecule has 0 aromatic rings. The maximum absolute atomic E-state index is 12.0. The zero-order chi connectivity index (χ0) is 25.9. The van der Waals surface area contributed by atoms with Crippen molar-refractivity contribution in [3.05, 3.63) is 0 Å². The normalized spacial score (nSPS) is 13.0. The maximum Gasteiger partial charge on any atom is 0.267 e. The molecule has 0 heterocycles. The van der Waals surface area contributed by atoms with Gasteiger partial charge in [0.05, 0.1) is 20.6 Å². The number of unbranched alkanes of at least 4 members (excludes halogenated alkanes) is 11. The smallest absolute Gasteiger partial charge is 0.267 e. The van der Waals surface area contributed by atoms with Gasteiger partial charge in [-0.3, -0.25) is 9.35 Å². The first-order valence-corrected chi connectivity index (χ1v) is 15.2. The summed E-state index contributed by atoms with van der Waals surface area (Å²) in [5, 5.41) is 12.8. The number of carbonyl (C=O) groups excluding carboxylic acids is 1. The summed E-state index contributed by atoms with van der Waals surface area (Å²) in [5.41, 5.74) is 0. The Kier molecular flexibility index (Phi) is 22.2. The molecule has 0 spiro atoms. The molecule has 9 heteroatoms. The summed E-state index contributed by atoms with van der Waals surface area (Å²) in [5.74, 6) is 0.281. The fourth-order valence-corrected chi connectivity index (χ4v) is 4.98. The van der Waals surface area contributed by atoms with Crippen molar-refractivity contribution in [1.29, 1.82) is 0 Å². The average molecular weight is 525 g/mol. The molecule has 0 aliphatic heterocycles. The molecule has 0 aromatic heterocycles. The monoisotopic (exact) mass is 524 g/mol. The van der Waals surface area contributed by atoms with Crippen LogP contribution in [0, 0.1) is 5.92 Å². The van der Waals surface area contributed by atoms with Crippen LogP contribution in [0.4, 0.5) is 0 Å². The topological polar surface area (TPSA) is 134 Å². The number of nitrogens with one attached hydrogen (secondary N) is 1. The minimum absolute atomic E-state index is 0. The zero-order valence-electron chi connectivity index (χ0n) is 23.0. The Morgan fingerprint density at radius 3 is 1.74 bits per heavy atom. The van der Waals surface area contributed by atoms with Gasteiger partial charge in [-0.1, -0.05) is 90.9 Å². The second kappa shape index (κ2) is 21.4. The summed E-state index contributed by atoms with van der Waals surface area (Å²) in [6, 6.07) is 0. The number of rotatable bonds is 23. The van der Waals surface area contributed by atoms with Crippen LogP contribution < -0.4 is 5.32 Å². The van der Waals surface area contributed by atoms with Gasteiger partial charge < -0.3 is 20.4 Å². The summed E-state index contributed by atoms with van der Waals surface area (Å²) in [6.07, 6.45) is 17.1. The van der Waals surface area contributed by atoms with Crippen molar-refractivity contribution in [2.45, 2.75) is 116 Å². The number of quaternary nitrogens is 1. The molecule has 0 bridgehead atoms. The third-order valence-electron chi connectivity index (χ3n) is 6.31. The van der Waals surface area contributed by atoms with E-state index in [1.165, 1.54) is 70.6 Å². The van der Waals surface area contributed by atoms with Crippen molar-refractivity contribution in [3.8, 4) is 0 Å². The molecular weight excluding hydrogens is 468 g/mol. The Morgan fingerprint density at radius 1 is 0.829 bits per heavy atom. The molecule has 1 atom stereocenters. The third kappa shape index (κ3) is 27.7. The highest BCUT2D eigenvalue weighted by molar-refractivity contribution is 7.85. The van der Waals surface area contributed by atoms with E-state index in [4.69, 9.17) is 4.55 Å². The van der Waals surface area contributed by atoms with Crippen LogP contribution in [-0.2, 0) is 14.9 Å². The fourth-order valence-electron chi connectivity index (χ4n) is 4.39. The third-order valence-corrected chi connectivity index (χ3v) is 7.11. The van der Waals surface area contributed by atoms with Crippen molar-refractivity contribution in [2.75, 3.05) is 39.5 Å². The second-order valence-corrected chi connectivity index (χ2v) is 12.6. The van der Waals surface area contributed by atoms with Crippen molar-refractivity contribution in [3.63, 3.8) is 0 Å². The van der Waals surface area contributed by atoms with E-state index >= 15 is 0 Å². The van der Waals surface area contributed by atoms with Crippen LogP contribution in [0.3, 0.4) is 0 Å². The van der Waals surface area contributed by atoms with Gasteiger partial charge in [-0.05, 0) is 12.3 Å². The molecule has 212 valence electrons. The standard InChI is InChI=1S/C26H54N2O5S.H2O/c1-24(2)18-15-13-11-9-7-5-6-8-10-12-14-16-19-26(30)27-20-17-21-28(3,4)22-25(29)23-34(31,32)33;/h24-25,29H,5-23H2,1-4H3,(H-,27,30,31,32,33);1H2. The largest absolute Gasteiger partial charge is 0.870 e. The van der Waals surface area contributed by atoms with Crippen molar-refractivity contribution < 1.29 is 32.8 Å². The number of aliphatic hydroxyl groups is 1. The molecule has 0 saturated carbocycles. The Morgan fingerprint density at radius 2 is 1.29 bits per heavy atom. The lowest BCUT2D eigenvalue weighted by Crippen LogP contribution is -2.48. The fraction of sp³-hybridized carbons (Fsp3) is 0.962. The van der Waals surface area contributed by atoms with Gasteiger partial charge in [0.2, 0.25) is 5.91 Å². The van der Waals surface area contributed by atoms with Crippen molar-refractivity contribution >= 4 is 16.0 Å². The van der Waals surface area contributed by atoms with Gasteiger partial charge in [0, 0.05) is 19.4 Å². The van der Waals surface area contributed by atoms with Gasteiger partial charge >= 0.3 is 0 Å². The highest BCUT2D eigenvalue weighted by Gasteiger charge is 2.24. The van der Waals surface area contributed by atoms with E-state index in [1.54, 1.807) is 0 Å².